The number of aromatic nitrogens is 4. The normalized spacial score (nSPS) is 31.1. The lowest BCUT2D eigenvalue weighted by atomic mass is 9.78. The van der Waals surface area contributed by atoms with Gasteiger partial charge in [-0.1, -0.05) is 6.92 Å². The van der Waals surface area contributed by atoms with Crippen LogP contribution in [0.2, 0.25) is 0 Å². The fraction of sp³-hybridized carbons (Fsp3) is 0.731. The second kappa shape index (κ2) is 11.5. The van der Waals surface area contributed by atoms with E-state index in [1.165, 1.54) is 27.7 Å². The van der Waals surface area contributed by atoms with E-state index in [-0.39, 0.29) is 59.3 Å². The maximum absolute atomic E-state index is 13.3. The number of hydrogen-bond donors (Lipinski definition) is 4. The summed E-state index contributed by atoms with van der Waals surface area (Å²) >= 11 is 1.46. The molecule has 5 aliphatic rings. The van der Waals surface area contributed by atoms with E-state index in [9.17, 15) is 24.3 Å². The highest BCUT2D eigenvalue weighted by molar-refractivity contribution is 8.03. The number of β-lactam (4-membered cyclic amide) rings is 1. The molecule has 0 radical (unpaired) electrons. The minimum atomic E-state index is -1.14. The zero-order valence-corrected chi connectivity index (χ0v) is 24.6. The Morgan fingerprint density at radius 3 is 2.64 bits per heavy atom. The van der Waals surface area contributed by atoms with E-state index in [0.29, 0.717) is 23.9 Å². The van der Waals surface area contributed by atoms with Crippen molar-refractivity contribution in [3.8, 4) is 0 Å². The number of tetrazole rings is 1. The van der Waals surface area contributed by atoms with Crippen LogP contribution in [-0.4, -0.2) is 132 Å². The highest BCUT2D eigenvalue weighted by Crippen LogP contribution is 2.51. The molecule has 0 aliphatic carbocycles. The van der Waals surface area contributed by atoms with E-state index in [0.717, 1.165) is 39.0 Å². The number of nitrogens with zero attached hydrogens (tertiary/aromatic N) is 7. The topological polar surface area (TPSA) is 192 Å². The molecule has 6 heterocycles. The summed E-state index contributed by atoms with van der Waals surface area (Å²) in [6.45, 7) is 7.55. The van der Waals surface area contributed by atoms with Crippen molar-refractivity contribution in [2.24, 2.45) is 17.6 Å². The van der Waals surface area contributed by atoms with Crippen LogP contribution in [0.5, 0.6) is 0 Å². The summed E-state index contributed by atoms with van der Waals surface area (Å²) in [4.78, 5) is 57.7. The Labute approximate surface area is 247 Å². The van der Waals surface area contributed by atoms with E-state index < -0.39 is 17.9 Å². The smallest absolute Gasteiger partial charge is 0.353 e. The molecule has 1 aromatic heterocycles. The first-order valence-electron chi connectivity index (χ1n) is 14.6. The predicted octanol–water partition coefficient (Wildman–Crippen LogP) is -1.95. The number of carboxylic acids is 1. The van der Waals surface area contributed by atoms with E-state index >= 15 is 0 Å². The van der Waals surface area contributed by atoms with Crippen molar-refractivity contribution < 1.29 is 24.3 Å². The molecule has 0 saturated carbocycles. The Bertz CT molecular complexity index is 1260. The van der Waals surface area contributed by atoms with Gasteiger partial charge in [-0.15, -0.1) is 16.9 Å². The van der Waals surface area contributed by atoms with Crippen LogP contribution in [0.15, 0.2) is 16.9 Å². The van der Waals surface area contributed by atoms with Gasteiger partial charge in [-0.3, -0.25) is 19.3 Å². The molecular formula is C26H38N10O5S. The fourth-order valence-corrected chi connectivity index (χ4v) is 8.64. The molecule has 1 aromatic rings. The zero-order valence-electron chi connectivity index (χ0n) is 23.8. The molecule has 16 heteroatoms. The number of likely N-dealkylation sites (tertiary alicyclic amines) is 2. The zero-order chi connectivity index (χ0) is 29.7. The number of thioether (sulfide) groups is 1. The number of rotatable bonds is 9. The molecule has 42 heavy (non-hydrogen) atoms. The highest BCUT2D eigenvalue weighted by atomic mass is 32.2. The van der Waals surface area contributed by atoms with Gasteiger partial charge in [-0.05, 0) is 36.6 Å². The van der Waals surface area contributed by atoms with Crippen LogP contribution >= 0.6 is 11.8 Å². The maximum atomic E-state index is 13.3. The third-order valence-corrected chi connectivity index (χ3v) is 10.8. The molecule has 6 rings (SSSR count). The third-order valence-electron chi connectivity index (χ3n) is 9.33. The number of hydrogen-bond acceptors (Lipinski definition) is 11. The molecular weight excluding hydrogens is 564 g/mol. The van der Waals surface area contributed by atoms with Crippen LogP contribution in [0, 0.1) is 11.8 Å². The average molecular weight is 603 g/mol. The van der Waals surface area contributed by atoms with Crippen molar-refractivity contribution >= 4 is 35.5 Å². The van der Waals surface area contributed by atoms with Crippen LogP contribution < -0.4 is 16.4 Å². The molecule has 4 saturated heterocycles. The summed E-state index contributed by atoms with van der Waals surface area (Å²) in [6.07, 6.45) is 3.84. The molecule has 228 valence electrons. The summed E-state index contributed by atoms with van der Waals surface area (Å²) in [5.74, 6) is -2.44. The molecule has 5 aliphatic heterocycles. The Morgan fingerprint density at radius 1 is 1.26 bits per heavy atom. The number of fused-ring (bicyclic) bond motifs is 1. The van der Waals surface area contributed by atoms with Crippen LogP contribution in [0.3, 0.4) is 0 Å². The highest BCUT2D eigenvalue weighted by Gasteiger charge is 2.60. The molecule has 6 atom stereocenters. The lowest BCUT2D eigenvalue weighted by Crippen LogP contribution is -2.66. The van der Waals surface area contributed by atoms with Crippen LogP contribution in [0.4, 0.5) is 0 Å². The number of amides is 3. The first kappa shape index (κ1) is 29.0. The first-order valence-corrected chi connectivity index (χ1v) is 15.5. The summed E-state index contributed by atoms with van der Waals surface area (Å²) < 4.78 is 1.29. The molecule has 4 fully saturated rings. The molecule has 5 N–H and O–H groups in total. The Kier molecular flexibility index (Phi) is 7.97. The van der Waals surface area contributed by atoms with Crippen molar-refractivity contribution in [3.63, 3.8) is 0 Å². The lowest BCUT2D eigenvalue weighted by molar-refractivity contribution is -0.158. The number of carbonyl (C=O) groups excluding carboxylic acids is 3. The average Bonchev–Trinajstić information content (AvgIpc) is 3.67. The standard InChI is InChI=1S/C26H38N10O5S/c1-13-21-20(14(2)30-19(37)11-35-12-29-31-32-35)25(39)36(21)22(26(40)41)23(13)42-17-7-18(28-8-17)24(38)33-5-3-16(4-6-33)34-9-15(27)10-34/h12-18,20-21,28H,3-11,27H2,1-2H3,(H,30,37)(H,40,41)/t13-,14-,17+,18+,20-,21-/m1/s1. The largest absolute Gasteiger partial charge is 0.477 e. The van der Waals surface area contributed by atoms with Gasteiger partial charge in [0.15, 0.2) is 0 Å². The molecule has 0 unspecified atom stereocenters. The summed E-state index contributed by atoms with van der Waals surface area (Å²) in [6, 6.07) is -0.387. The quantitative estimate of drug-likeness (QED) is 0.229. The Balaban J connectivity index is 1.04. The third kappa shape index (κ3) is 5.29. The van der Waals surface area contributed by atoms with Crippen molar-refractivity contribution in [2.75, 3.05) is 32.7 Å². The van der Waals surface area contributed by atoms with Gasteiger partial charge < -0.3 is 31.3 Å². The van der Waals surface area contributed by atoms with E-state index in [1.807, 2.05) is 11.8 Å². The van der Waals surface area contributed by atoms with E-state index in [4.69, 9.17) is 5.73 Å². The van der Waals surface area contributed by atoms with Gasteiger partial charge in [-0.2, -0.15) is 0 Å². The molecule has 3 amide bonds. The van der Waals surface area contributed by atoms with Gasteiger partial charge in [0.1, 0.15) is 18.6 Å². The summed E-state index contributed by atoms with van der Waals surface area (Å²) in [7, 11) is 0. The fourth-order valence-electron chi connectivity index (χ4n) is 7.17. The van der Waals surface area contributed by atoms with Gasteiger partial charge in [0.05, 0.1) is 18.0 Å². The Morgan fingerprint density at radius 2 is 2.00 bits per heavy atom. The van der Waals surface area contributed by atoms with Gasteiger partial charge >= 0.3 is 5.97 Å². The van der Waals surface area contributed by atoms with Gasteiger partial charge in [0.25, 0.3) is 0 Å². The van der Waals surface area contributed by atoms with Crippen LogP contribution in [0.25, 0.3) is 0 Å². The molecule has 15 nitrogen and oxygen atoms in total. The number of nitrogens with two attached hydrogens (primary N) is 1. The van der Waals surface area contributed by atoms with E-state index in [1.54, 1.807) is 6.92 Å². The second-order valence-corrected chi connectivity index (χ2v) is 13.4. The molecule has 0 aromatic carbocycles. The van der Waals surface area contributed by atoms with Gasteiger partial charge in [0.2, 0.25) is 17.7 Å². The van der Waals surface area contributed by atoms with Crippen LogP contribution in [0.1, 0.15) is 33.1 Å². The predicted molar refractivity (Wildman–Crippen MR) is 150 cm³/mol. The van der Waals surface area contributed by atoms with Crippen LogP contribution in [-0.2, 0) is 25.7 Å². The minimum Gasteiger partial charge on any atom is -0.477 e. The molecule has 0 spiro atoms. The first-order chi connectivity index (χ1) is 20.1. The van der Waals surface area contributed by atoms with Crippen molar-refractivity contribution in [1.29, 1.82) is 0 Å². The number of carbonyl (C=O) groups is 4. The number of aliphatic carboxylic acids is 1. The molecule has 0 bridgehead atoms. The Hall–Kier alpha value is -3.08. The van der Waals surface area contributed by atoms with Crippen molar-refractivity contribution in [2.45, 2.75) is 75.1 Å². The van der Waals surface area contributed by atoms with Gasteiger partial charge in [-0.25, -0.2) is 9.48 Å². The second-order valence-electron chi connectivity index (χ2n) is 12.1. The lowest BCUT2D eigenvalue weighted by Gasteiger charge is -2.47. The summed E-state index contributed by atoms with van der Waals surface area (Å²) in [5, 5.41) is 27.0. The van der Waals surface area contributed by atoms with Crippen molar-refractivity contribution in [1.82, 2.24) is 45.5 Å². The van der Waals surface area contributed by atoms with Gasteiger partial charge in [0, 0.05) is 66.9 Å². The summed E-state index contributed by atoms with van der Waals surface area (Å²) in [5.41, 5.74) is 5.95. The van der Waals surface area contributed by atoms with E-state index in [2.05, 4.69) is 31.1 Å². The SMILES string of the molecule is C[C@@H](NC(=O)Cn1cnnn1)[C@H]1C(=O)N2C(C(=O)O)=C(S[C@@H]3CN[C@H](C(=O)N4CCC(N5CC(N)C5)CC4)C3)[C@H](C)[C@H]12. The monoisotopic (exact) mass is 602 g/mol. The maximum Gasteiger partial charge on any atom is 0.353 e. The minimum absolute atomic E-state index is 0.00605. The number of piperidine rings is 1. The number of carboxylic acid groups (broad SMARTS) is 1. The van der Waals surface area contributed by atoms with Crippen molar-refractivity contribution in [3.05, 3.63) is 16.9 Å². The number of nitrogens with one attached hydrogen (secondary N) is 2.